The molecule has 8 heteroatoms. The van der Waals surface area contributed by atoms with Gasteiger partial charge in [0.25, 0.3) is 5.91 Å². The zero-order valence-corrected chi connectivity index (χ0v) is 20.9. The van der Waals surface area contributed by atoms with Gasteiger partial charge < -0.3 is 20.2 Å². The summed E-state index contributed by atoms with van der Waals surface area (Å²) in [4.78, 5) is 33.8. The fraction of sp³-hybridized carbons (Fsp3) is 0.536. The minimum absolute atomic E-state index is 0.216. The minimum Gasteiger partial charge on any atom is -0.393 e. The number of benzene rings is 1. The monoisotopic (exact) mass is 494 g/mol. The van der Waals surface area contributed by atoms with Crippen LogP contribution >= 0.6 is 0 Å². The van der Waals surface area contributed by atoms with E-state index in [1.165, 1.54) is 6.07 Å². The molecule has 2 aliphatic heterocycles. The Morgan fingerprint density at radius 3 is 2.44 bits per heavy atom. The fourth-order valence-corrected chi connectivity index (χ4v) is 6.09. The van der Waals surface area contributed by atoms with Crippen molar-refractivity contribution in [2.24, 2.45) is 5.41 Å². The van der Waals surface area contributed by atoms with Gasteiger partial charge in [0.2, 0.25) is 5.91 Å². The third-order valence-electron chi connectivity index (χ3n) is 8.33. The number of pyridine rings is 1. The molecule has 1 spiro atoms. The van der Waals surface area contributed by atoms with Crippen LogP contribution in [0.15, 0.2) is 36.5 Å². The Labute approximate surface area is 211 Å². The highest BCUT2D eigenvalue weighted by Gasteiger charge is 2.50. The van der Waals surface area contributed by atoms with Gasteiger partial charge >= 0.3 is 0 Å². The Kier molecular flexibility index (Phi) is 6.97. The zero-order valence-electron chi connectivity index (χ0n) is 20.9. The van der Waals surface area contributed by atoms with Crippen molar-refractivity contribution in [3.63, 3.8) is 0 Å². The number of rotatable bonds is 5. The number of carbonyl (C=O) groups excluding carboxylic acids is 2. The largest absolute Gasteiger partial charge is 0.393 e. The average molecular weight is 495 g/mol. The van der Waals surface area contributed by atoms with Gasteiger partial charge in [-0.2, -0.15) is 0 Å². The van der Waals surface area contributed by atoms with Crippen LogP contribution < -0.4 is 10.2 Å². The predicted molar refractivity (Wildman–Crippen MR) is 136 cm³/mol. The van der Waals surface area contributed by atoms with E-state index in [1.807, 2.05) is 24.0 Å². The first-order valence-electron chi connectivity index (χ1n) is 13.2. The van der Waals surface area contributed by atoms with E-state index in [0.717, 1.165) is 62.6 Å². The fourth-order valence-electron chi connectivity index (χ4n) is 6.09. The summed E-state index contributed by atoms with van der Waals surface area (Å²) in [7, 11) is 0. The molecule has 5 rings (SSSR count). The van der Waals surface area contributed by atoms with E-state index in [4.69, 9.17) is 0 Å². The van der Waals surface area contributed by atoms with Crippen LogP contribution in [0.5, 0.6) is 0 Å². The SMILES string of the molecule is CCNC(=O)c1ccc(-c2ccc(F)c(N3CCC4(CC3)CCN(C3CCC(O)CC3)C4=O)c2)cn1. The van der Waals surface area contributed by atoms with Crippen LogP contribution in [0.1, 0.15) is 62.4 Å². The second-order valence-corrected chi connectivity index (χ2v) is 10.4. The van der Waals surface area contributed by atoms with E-state index in [2.05, 4.69) is 15.2 Å². The summed E-state index contributed by atoms with van der Waals surface area (Å²) >= 11 is 0. The van der Waals surface area contributed by atoms with E-state index in [1.54, 1.807) is 18.3 Å². The molecular formula is C28H35FN4O3. The summed E-state index contributed by atoms with van der Waals surface area (Å²) in [5, 5.41) is 12.6. The number of hydrogen-bond acceptors (Lipinski definition) is 5. The molecule has 0 unspecified atom stereocenters. The van der Waals surface area contributed by atoms with E-state index >= 15 is 0 Å². The van der Waals surface area contributed by atoms with Crippen molar-refractivity contribution in [3.05, 3.63) is 48.0 Å². The molecule has 192 valence electrons. The number of carbonyl (C=O) groups is 2. The number of anilines is 1. The van der Waals surface area contributed by atoms with Crippen molar-refractivity contribution in [1.82, 2.24) is 15.2 Å². The topological polar surface area (TPSA) is 85.8 Å². The molecule has 3 heterocycles. The Bertz CT molecular complexity index is 1110. The van der Waals surface area contributed by atoms with Crippen LogP contribution in [0.3, 0.4) is 0 Å². The molecule has 3 fully saturated rings. The van der Waals surface area contributed by atoms with E-state index in [0.29, 0.717) is 31.0 Å². The lowest BCUT2D eigenvalue weighted by Gasteiger charge is -2.40. The maximum absolute atomic E-state index is 14.9. The highest BCUT2D eigenvalue weighted by molar-refractivity contribution is 5.92. The first-order chi connectivity index (χ1) is 17.4. The number of piperidine rings is 1. The summed E-state index contributed by atoms with van der Waals surface area (Å²) in [5.41, 5.74) is 2.21. The number of aliphatic hydroxyl groups is 1. The van der Waals surface area contributed by atoms with Crippen LogP contribution in [0, 0.1) is 11.2 Å². The lowest BCUT2D eigenvalue weighted by molar-refractivity contribution is -0.139. The van der Waals surface area contributed by atoms with Crippen molar-refractivity contribution >= 4 is 17.5 Å². The molecule has 0 bridgehead atoms. The second kappa shape index (κ2) is 10.2. The number of halogens is 1. The third kappa shape index (κ3) is 4.71. The van der Waals surface area contributed by atoms with Gasteiger partial charge in [-0.05, 0) is 75.6 Å². The first-order valence-corrected chi connectivity index (χ1v) is 13.2. The molecule has 2 saturated heterocycles. The lowest BCUT2D eigenvalue weighted by Crippen LogP contribution is -2.47. The Balaban J connectivity index is 1.26. The summed E-state index contributed by atoms with van der Waals surface area (Å²) in [6.45, 7) is 4.46. The lowest BCUT2D eigenvalue weighted by atomic mass is 9.76. The number of nitrogens with one attached hydrogen (secondary N) is 1. The molecule has 2 N–H and O–H groups in total. The molecular weight excluding hydrogens is 459 g/mol. The maximum Gasteiger partial charge on any atom is 0.269 e. The van der Waals surface area contributed by atoms with E-state index < -0.39 is 0 Å². The Hall–Kier alpha value is -3.00. The average Bonchev–Trinajstić information content (AvgIpc) is 3.21. The highest BCUT2D eigenvalue weighted by Crippen LogP contribution is 2.44. The molecule has 1 aromatic heterocycles. The van der Waals surface area contributed by atoms with Gasteiger partial charge in [0.05, 0.1) is 17.2 Å². The Morgan fingerprint density at radius 2 is 1.78 bits per heavy atom. The molecule has 2 aromatic rings. The first kappa shape index (κ1) is 24.7. The zero-order chi connectivity index (χ0) is 25.3. The van der Waals surface area contributed by atoms with Crippen molar-refractivity contribution in [3.8, 4) is 11.1 Å². The molecule has 1 aromatic carbocycles. The van der Waals surface area contributed by atoms with Crippen molar-refractivity contribution in [1.29, 1.82) is 0 Å². The number of nitrogens with zero attached hydrogens (tertiary/aromatic N) is 3. The van der Waals surface area contributed by atoms with Gasteiger partial charge in [0, 0.05) is 44.0 Å². The number of likely N-dealkylation sites (tertiary alicyclic amines) is 1. The molecule has 3 aliphatic rings. The van der Waals surface area contributed by atoms with Crippen LogP contribution in [-0.2, 0) is 4.79 Å². The molecule has 7 nitrogen and oxygen atoms in total. The number of aromatic nitrogens is 1. The number of aliphatic hydroxyl groups excluding tert-OH is 1. The van der Waals surface area contributed by atoms with Gasteiger partial charge in [-0.1, -0.05) is 12.1 Å². The van der Waals surface area contributed by atoms with Crippen LogP contribution in [0.2, 0.25) is 0 Å². The highest BCUT2D eigenvalue weighted by atomic mass is 19.1. The van der Waals surface area contributed by atoms with Gasteiger partial charge in [0.1, 0.15) is 11.5 Å². The number of amides is 2. The summed E-state index contributed by atoms with van der Waals surface area (Å²) in [5.74, 6) is -0.232. The van der Waals surface area contributed by atoms with Gasteiger partial charge in [-0.3, -0.25) is 14.6 Å². The maximum atomic E-state index is 14.9. The summed E-state index contributed by atoms with van der Waals surface area (Å²) in [6, 6.07) is 8.81. The van der Waals surface area contributed by atoms with Crippen molar-refractivity contribution < 1.29 is 19.1 Å². The molecule has 36 heavy (non-hydrogen) atoms. The normalized spacial score (nSPS) is 23.8. The molecule has 0 atom stereocenters. The van der Waals surface area contributed by atoms with Gasteiger partial charge in [-0.25, -0.2) is 4.39 Å². The standard InChI is InChI=1S/C28H35FN4O3/c1-2-30-26(35)24-10-4-20(18-31-24)19-3-9-23(29)25(17-19)32-14-11-28(12-15-32)13-16-33(27(28)36)21-5-7-22(34)8-6-21/h3-4,9-10,17-18,21-22,34H,2,5-8,11-16H2,1H3,(H,30,35). The summed E-state index contributed by atoms with van der Waals surface area (Å²) in [6.07, 6.45) is 7.04. The summed E-state index contributed by atoms with van der Waals surface area (Å²) < 4.78 is 14.9. The quantitative estimate of drug-likeness (QED) is 0.661. The van der Waals surface area contributed by atoms with Crippen LogP contribution in [-0.4, -0.2) is 65.1 Å². The minimum atomic E-state index is -0.334. The van der Waals surface area contributed by atoms with Crippen LogP contribution in [0.25, 0.3) is 11.1 Å². The molecule has 1 aliphatic carbocycles. The van der Waals surface area contributed by atoms with Crippen molar-refractivity contribution in [2.75, 3.05) is 31.1 Å². The third-order valence-corrected chi connectivity index (χ3v) is 8.33. The van der Waals surface area contributed by atoms with Crippen LogP contribution in [0.4, 0.5) is 10.1 Å². The second-order valence-electron chi connectivity index (χ2n) is 10.4. The van der Waals surface area contributed by atoms with Crippen molar-refractivity contribution in [2.45, 2.75) is 64.0 Å². The van der Waals surface area contributed by atoms with E-state index in [-0.39, 0.29) is 35.2 Å². The van der Waals surface area contributed by atoms with Gasteiger partial charge in [0.15, 0.2) is 0 Å². The Morgan fingerprint density at radius 1 is 1.08 bits per heavy atom. The number of hydrogen-bond donors (Lipinski definition) is 2. The van der Waals surface area contributed by atoms with E-state index in [9.17, 15) is 19.1 Å². The molecule has 2 amide bonds. The van der Waals surface area contributed by atoms with Gasteiger partial charge in [-0.15, -0.1) is 0 Å². The smallest absolute Gasteiger partial charge is 0.269 e. The molecule has 0 radical (unpaired) electrons. The molecule has 1 saturated carbocycles. The predicted octanol–water partition coefficient (Wildman–Crippen LogP) is 3.76.